The van der Waals surface area contributed by atoms with Crippen molar-refractivity contribution in [2.24, 2.45) is 7.05 Å². The zero-order valence-electron chi connectivity index (χ0n) is 17.3. The van der Waals surface area contributed by atoms with Gasteiger partial charge >= 0.3 is 0 Å². The third kappa shape index (κ3) is 3.48. The second-order valence-electron chi connectivity index (χ2n) is 6.78. The molecule has 0 atom stereocenters. The standard InChI is InChI=1S/C21H21N5O3S/c1-11-8-14(18-12(2)25-26(3)19(18)22-11)20(27)24-21-23-15(10-30-21)13-6-7-16(28-4)17(9-13)29-5/h6-10H,1-5H3,(H,23,24,27). The molecule has 9 heteroatoms. The van der Waals surface area contributed by atoms with Crippen LogP contribution in [0.15, 0.2) is 29.6 Å². The van der Waals surface area contributed by atoms with Crippen LogP contribution in [-0.2, 0) is 7.05 Å². The van der Waals surface area contributed by atoms with Crippen molar-refractivity contribution in [1.82, 2.24) is 19.7 Å². The lowest BCUT2D eigenvalue weighted by Gasteiger charge is -2.08. The second-order valence-corrected chi connectivity index (χ2v) is 7.64. The largest absolute Gasteiger partial charge is 0.493 e. The van der Waals surface area contributed by atoms with E-state index in [2.05, 4.69) is 20.4 Å². The van der Waals surface area contributed by atoms with Crippen molar-refractivity contribution in [1.29, 1.82) is 0 Å². The van der Waals surface area contributed by atoms with Crippen LogP contribution in [0.2, 0.25) is 0 Å². The van der Waals surface area contributed by atoms with Crippen molar-refractivity contribution in [3.05, 3.63) is 46.6 Å². The molecule has 4 rings (SSSR count). The lowest BCUT2D eigenvalue weighted by atomic mass is 10.1. The maximum absolute atomic E-state index is 13.0. The van der Waals surface area contributed by atoms with E-state index in [0.29, 0.717) is 27.8 Å². The molecule has 3 aromatic heterocycles. The molecule has 0 unspecified atom stereocenters. The topological polar surface area (TPSA) is 91.2 Å². The minimum atomic E-state index is -0.241. The quantitative estimate of drug-likeness (QED) is 0.522. The van der Waals surface area contributed by atoms with Crippen LogP contribution in [0.3, 0.4) is 0 Å². The van der Waals surface area contributed by atoms with Gasteiger partial charge in [0.15, 0.2) is 22.3 Å². The van der Waals surface area contributed by atoms with E-state index in [1.165, 1.54) is 11.3 Å². The van der Waals surface area contributed by atoms with Gasteiger partial charge in [-0.15, -0.1) is 11.3 Å². The summed E-state index contributed by atoms with van der Waals surface area (Å²) in [6.07, 6.45) is 0. The highest BCUT2D eigenvalue weighted by molar-refractivity contribution is 7.14. The van der Waals surface area contributed by atoms with Gasteiger partial charge in [0.2, 0.25) is 0 Å². The fraction of sp³-hybridized carbons (Fsp3) is 0.238. The Morgan fingerprint density at radius 2 is 1.87 bits per heavy atom. The molecule has 1 N–H and O–H groups in total. The van der Waals surface area contributed by atoms with Crippen molar-refractivity contribution in [2.45, 2.75) is 13.8 Å². The van der Waals surface area contributed by atoms with Crippen molar-refractivity contribution in [2.75, 3.05) is 19.5 Å². The number of hydrogen-bond acceptors (Lipinski definition) is 7. The molecule has 0 bridgehead atoms. The van der Waals surface area contributed by atoms with E-state index >= 15 is 0 Å². The summed E-state index contributed by atoms with van der Waals surface area (Å²) in [5.74, 6) is 1.03. The minimum Gasteiger partial charge on any atom is -0.493 e. The first-order valence-electron chi connectivity index (χ1n) is 9.21. The summed E-state index contributed by atoms with van der Waals surface area (Å²) >= 11 is 1.36. The van der Waals surface area contributed by atoms with Crippen LogP contribution in [0.25, 0.3) is 22.3 Å². The Labute approximate surface area is 177 Å². The van der Waals surface area contributed by atoms with Crippen LogP contribution >= 0.6 is 11.3 Å². The molecule has 30 heavy (non-hydrogen) atoms. The Bertz CT molecular complexity index is 1260. The first-order valence-corrected chi connectivity index (χ1v) is 10.1. The Morgan fingerprint density at radius 1 is 1.10 bits per heavy atom. The van der Waals surface area contributed by atoms with Crippen molar-refractivity contribution >= 4 is 33.4 Å². The maximum Gasteiger partial charge on any atom is 0.258 e. The molecule has 3 heterocycles. The Kier molecular flexibility index (Phi) is 5.13. The minimum absolute atomic E-state index is 0.241. The number of anilines is 1. The summed E-state index contributed by atoms with van der Waals surface area (Å²) in [6, 6.07) is 7.35. The number of amides is 1. The summed E-state index contributed by atoms with van der Waals surface area (Å²) in [7, 11) is 5.00. The Morgan fingerprint density at radius 3 is 2.60 bits per heavy atom. The lowest BCUT2D eigenvalue weighted by molar-refractivity contribution is 0.102. The van der Waals surface area contributed by atoms with E-state index in [1.807, 2.05) is 44.5 Å². The highest BCUT2D eigenvalue weighted by Crippen LogP contribution is 2.33. The van der Waals surface area contributed by atoms with E-state index in [-0.39, 0.29) is 5.91 Å². The first-order chi connectivity index (χ1) is 14.4. The molecule has 0 saturated carbocycles. The first kappa shape index (κ1) is 19.8. The van der Waals surface area contributed by atoms with Crippen LogP contribution in [0.5, 0.6) is 11.5 Å². The number of methoxy groups -OCH3 is 2. The highest BCUT2D eigenvalue weighted by atomic mass is 32.1. The molecule has 0 spiro atoms. The third-order valence-electron chi connectivity index (χ3n) is 4.75. The number of nitrogens with zero attached hydrogens (tertiary/aromatic N) is 4. The van der Waals surface area contributed by atoms with Crippen LogP contribution in [0.4, 0.5) is 5.13 Å². The smallest absolute Gasteiger partial charge is 0.258 e. The van der Waals surface area contributed by atoms with E-state index in [0.717, 1.165) is 28.0 Å². The average molecular weight is 423 g/mol. The summed E-state index contributed by atoms with van der Waals surface area (Å²) in [6.45, 7) is 3.73. The summed E-state index contributed by atoms with van der Waals surface area (Å²) in [5.41, 5.74) is 4.34. The van der Waals surface area contributed by atoms with E-state index < -0.39 is 0 Å². The van der Waals surface area contributed by atoms with Crippen LogP contribution < -0.4 is 14.8 Å². The van der Waals surface area contributed by atoms with Crippen molar-refractivity contribution in [3.8, 4) is 22.8 Å². The predicted molar refractivity (Wildman–Crippen MR) is 117 cm³/mol. The molecule has 0 aliphatic heterocycles. The number of benzene rings is 1. The van der Waals surface area contributed by atoms with E-state index in [4.69, 9.17) is 9.47 Å². The van der Waals surface area contributed by atoms with Gasteiger partial charge in [0, 0.05) is 23.7 Å². The van der Waals surface area contributed by atoms with Crippen LogP contribution in [0, 0.1) is 13.8 Å². The van der Waals surface area contributed by atoms with Gasteiger partial charge < -0.3 is 9.47 Å². The number of hydrogen-bond donors (Lipinski definition) is 1. The number of aromatic nitrogens is 4. The van der Waals surface area contributed by atoms with Crippen molar-refractivity contribution in [3.63, 3.8) is 0 Å². The average Bonchev–Trinajstić information content (AvgIpc) is 3.31. The number of aryl methyl sites for hydroxylation is 3. The van der Waals surface area contributed by atoms with Crippen molar-refractivity contribution < 1.29 is 14.3 Å². The van der Waals surface area contributed by atoms with Gasteiger partial charge in [0.25, 0.3) is 5.91 Å². The number of thiazole rings is 1. The number of pyridine rings is 1. The van der Waals surface area contributed by atoms with E-state index in [1.54, 1.807) is 25.0 Å². The molecule has 154 valence electrons. The number of rotatable bonds is 5. The fourth-order valence-corrected chi connectivity index (χ4v) is 4.09. The van der Waals surface area contributed by atoms with E-state index in [9.17, 15) is 4.79 Å². The van der Waals surface area contributed by atoms with Crippen LogP contribution in [-0.4, -0.2) is 39.9 Å². The molecule has 0 saturated heterocycles. The summed E-state index contributed by atoms with van der Waals surface area (Å²) in [5, 5.41) is 10.4. The Balaban J connectivity index is 1.64. The van der Waals surface area contributed by atoms with Crippen LogP contribution in [0.1, 0.15) is 21.7 Å². The van der Waals surface area contributed by atoms with Gasteiger partial charge in [0.05, 0.1) is 36.6 Å². The van der Waals surface area contributed by atoms with Gasteiger partial charge in [0.1, 0.15) is 0 Å². The van der Waals surface area contributed by atoms with Gasteiger partial charge in [-0.2, -0.15) is 5.10 Å². The number of fused-ring (bicyclic) bond motifs is 1. The number of carbonyl (C=O) groups is 1. The van der Waals surface area contributed by atoms with Gasteiger partial charge in [-0.05, 0) is 38.1 Å². The van der Waals surface area contributed by atoms with Gasteiger partial charge in [-0.25, -0.2) is 9.97 Å². The SMILES string of the molecule is COc1ccc(-c2csc(NC(=O)c3cc(C)nc4c3c(C)nn4C)n2)cc1OC. The number of nitrogens with one attached hydrogen (secondary N) is 1. The molecule has 0 fully saturated rings. The molecule has 4 aromatic rings. The lowest BCUT2D eigenvalue weighted by Crippen LogP contribution is -2.13. The normalized spacial score (nSPS) is 11.0. The molecule has 8 nitrogen and oxygen atoms in total. The van der Waals surface area contributed by atoms with Gasteiger partial charge in [-0.3, -0.25) is 14.8 Å². The second kappa shape index (κ2) is 7.75. The molecule has 0 radical (unpaired) electrons. The number of ether oxygens (including phenoxy) is 2. The maximum atomic E-state index is 13.0. The molecule has 0 aliphatic carbocycles. The third-order valence-corrected chi connectivity index (χ3v) is 5.50. The molecule has 0 aliphatic rings. The predicted octanol–water partition coefficient (Wildman–Crippen LogP) is 3.98. The Hall–Kier alpha value is -3.46. The monoisotopic (exact) mass is 423 g/mol. The molecule has 1 aromatic carbocycles. The molecular weight excluding hydrogens is 402 g/mol. The molecule has 1 amide bonds. The fourth-order valence-electron chi connectivity index (χ4n) is 3.37. The van der Waals surface area contributed by atoms with Gasteiger partial charge in [-0.1, -0.05) is 0 Å². The zero-order chi connectivity index (χ0) is 21.4. The number of carbonyl (C=O) groups excluding carboxylic acids is 1. The molecular formula is C21H21N5O3S. The summed E-state index contributed by atoms with van der Waals surface area (Å²) < 4.78 is 12.3. The summed E-state index contributed by atoms with van der Waals surface area (Å²) in [4.78, 5) is 22.1. The zero-order valence-corrected chi connectivity index (χ0v) is 18.1. The highest BCUT2D eigenvalue weighted by Gasteiger charge is 2.19.